The molecule has 7 heteroatoms. The van der Waals surface area contributed by atoms with Gasteiger partial charge in [0.2, 0.25) is 0 Å². The zero-order valence-electron chi connectivity index (χ0n) is 10.2. The molecule has 2 heterocycles. The van der Waals surface area contributed by atoms with E-state index < -0.39 is 11.7 Å². The molecule has 1 fully saturated rings. The van der Waals surface area contributed by atoms with Crippen LogP contribution >= 0.6 is 23.2 Å². The molecule has 1 aromatic rings. The average Bonchev–Trinajstić information content (AvgIpc) is 2.31. The molecule has 0 aromatic carbocycles. The summed E-state index contributed by atoms with van der Waals surface area (Å²) in [6.07, 6.45) is -2.84. The van der Waals surface area contributed by atoms with Gasteiger partial charge in [-0.3, -0.25) is 0 Å². The zero-order chi connectivity index (χ0) is 14.2. The van der Waals surface area contributed by atoms with Crippen molar-refractivity contribution in [1.82, 2.24) is 4.98 Å². The van der Waals surface area contributed by atoms with Crippen molar-refractivity contribution in [1.29, 1.82) is 0 Å². The quantitative estimate of drug-likeness (QED) is 0.722. The molecule has 2 rings (SSSR count). The molecule has 1 aromatic heterocycles. The minimum Gasteiger partial charge on any atom is -0.355 e. The van der Waals surface area contributed by atoms with E-state index in [2.05, 4.69) is 4.98 Å². The Labute approximate surface area is 119 Å². The van der Waals surface area contributed by atoms with Crippen LogP contribution in [0.4, 0.5) is 19.0 Å². The Morgan fingerprint density at radius 1 is 1.42 bits per heavy atom. The summed E-state index contributed by atoms with van der Waals surface area (Å²) < 4.78 is 37.6. The summed E-state index contributed by atoms with van der Waals surface area (Å²) in [5, 5.41) is 0.111. The second kappa shape index (κ2) is 5.37. The van der Waals surface area contributed by atoms with Crippen LogP contribution in [-0.2, 0) is 6.18 Å². The Morgan fingerprint density at radius 2 is 2.11 bits per heavy atom. The Balaban J connectivity index is 2.22. The van der Waals surface area contributed by atoms with Crippen LogP contribution in [0.3, 0.4) is 0 Å². The summed E-state index contributed by atoms with van der Waals surface area (Å²) in [6, 6.07) is 0.918. The molecule has 106 valence electrons. The number of hydrogen-bond donors (Lipinski definition) is 0. The molecule has 1 aliphatic heterocycles. The van der Waals surface area contributed by atoms with E-state index in [4.69, 9.17) is 23.2 Å². The molecule has 1 saturated heterocycles. The largest absolute Gasteiger partial charge is 0.417 e. The normalized spacial score (nSPS) is 24.6. The molecule has 2 nitrogen and oxygen atoms in total. The Morgan fingerprint density at radius 3 is 2.63 bits per heavy atom. The molecule has 0 N–H and O–H groups in total. The molecular weight excluding hydrogens is 300 g/mol. The number of aromatic nitrogens is 1. The minimum absolute atomic E-state index is 0.0232. The Bertz CT molecular complexity index is 465. The number of alkyl halides is 4. The van der Waals surface area contributed by atoms with Gasteiger partial charge in [0.05, 0.1) is 10.6 Å². The Kier molecular flexibility index (Phi) is 4.16. The smallest absolute Gasteiger partial charge is 0.355 e. The third-order valence-corrected chi connectivity index (χ3v) is 4.18. The van der Waals surface area contributed by atoms with Crippen molar-refractivity contribution in [2.75, 3.05) is 18.0 Å². The predicted molar refractivity (Wildman–Crippen MR) is 69.9 cm³/mol. The van der Waals surface area contributed by atoms with Gasteiger partial charge in [-0.05, 0) is 18.4 Å². The monoisotopic (exact) mass is 312 g/mol. The fourth-order valence-corrected chi connectivity index (χ4v) is 2.59. The molecule has 0 aliphatic carbocycles. The molecule has 2 atom stereocenters. The molecule has 0 bridgehead atoms. The first kappa shape index (κ1) is 14.7. The van der Waals surface area contributed by atoms with Crippen molar-refractivity contribution < 1.29 is 13.2 Å². The highest BCUT2D eigenvalue weighted by Gasteiger charge is 2.33. The molecule has 1 aliphatic rings. The number of anilines is 1. The average molecular weight is 313 g/mol. The number of halogens is 5. The van der Waals surface area contributed by atoms with Crippen LogP contribution < -0.4 is 4.90 Å². The van der Waals surface area contributed by atoms with Crippen molar-refractivity contribution in [2.45, 2.75) is 24.9 Å². The van der Waals surface area contributed by atoms with Crippen LogP contribution in [0.2, 0.25) is 5.02 Å². The van der Waals surface area contributed by atoms with E-state index in [1.165, 1.54) is 0 Å². The Hall–Kier alpha value is -0.680. The van der Waals surface area contributed by atoms with Crippen molar-refractivity contribution in [3.8, 4) is 0 Å². The lowest BCUT2D eigenvalue weighted by Crippen LogP contribution is -2.40. The summed E-state index contributed by atoms with van der Waals surface area (Å²) in [6.45, 7) is 3.30. The molecule has 0 saturated carbocycles. The first-order valence-electron chi connectivity index (χ1n) is 5.91. The highest BCUT2D eigenvalue weighted by Crippen LogP contribution is 2.35. The van der Waals surface area contributed by atoms with Gasteiger partial charge >= 0.3 is 6.18 Å². The maximum Gasteiger partial charge on any atom is 0.417 e. The molecular formula is C12H13Cl2F3N2. The topological polar surface area (TPSA) is 16.1 Å². The zero-order valence-corrected chi connectivity index (χ0v) is 11.7. The van der Waals surface area contributed by atoms with E-state index in [-0.39, 0.29) is 16.3 Å². The van der Waals surface area contributed by atoms with Crippen LogP contribution in [0.25, 0.3) is 0 Å². The van der Waals surface area contributed by atoms with Crippen LogP contribution in [0.5, 0.6) is 0 Å². The SMILES string of the molecule is CC1CN(c2ncc(C(F)(F)F)cc2Cl)CCC1Cl. The van der Waals surface area contributed by atoms with Crippen molar-refractivity contribution in [3.63, 3.8) is 0 Å². The van der Waals surface area contributed by atoms with Crippen molar-refractivity contribution in [2.24, 2.45) is 5.92 Å². The van der Waals surface area contributed by atoms with Gasteiger partial charge < -0.3 is 4.90 Å². The first-order valence-corrected chi connectivity index (χ1v) is 6.72. The molecule has 19 heavy (non-hydrogen) atoms. The number of rotatable bonds is 1. The van der Waals surface area contributed by atoms with Gasteiger partial charge in [0.1, 0.15) is 5.82 Å². The van der Waals surface area contributed by atoms with E-state index in [9.17, 15) is 13.2 Å². The number of nitrogens with zero attached hydrogens (tertiary/aromatic N) is 2. The molecule has 0 amide bonds. The lowest BCUT2D eigenvalue weighted by molar-refractivity contribution is -0.137. The van der Waals surface area contributed by atoms with Crippen molar-refractivity contribution >= 4 is 29.0 Å². The van der Waals surface area contributed by atoms with Crippen LogP contribution in [0.15, 0.2) is 12.3 Å². The molecule has 2 unspecified atom stereocenters. The summed E-state index contributed by atoms with van der Waals surface area (Å²) in [7, 11) is 0. The van der Waals surface area contributed by atoms with Gasteiger partial charge in [0.15, 0.2) is 0 Å². The van der Waals surface area contributed by atoms with Gasteiger partial charge in [-0.15, -0.1) is 11.6 Å². The van der Waals surface area contributed by atoms with E-state index in [0.717, 1.165) is 18.7 Å². The molecule has 0 radical (unpaired) electrons. The van der Waals surface area contributed by atoms with E-state index in [1.54, 1.807) is 0 Å². The van der Waals surface area contributed by atoms with E-state index in [1.807, 2.05) is 11.8 Å². The maximum atomic E-state index is 12.5. The van der Waals surface area contributed by atoms with Gasteiger partial charge in [0.25, 0.3) is 0 Å². The lowest BCUT2D eigenvalue weighted by Gasteiger charge is -2.35. The predicted octanol–water partition coefficient (Wildman–Crippen LogP) is 4.21. The molecule has 0 spiro atoms. The van der Waals surface area contributed by atoms with E-state index in [0.29, 0.717) is 18.9 Å². The number of pyridine rings is 1. The number of piperidine rings is 1. The van der Waals surface area contributed by atoms with Gasteiger partial charge in [-0.1, -0.05) is 18.5 Å². The van der Waals surface area contributed by atoms with Crippen LogP contribution in [0, 0.1) is 5.92 Å². The third kappa shape index (κ3) is 3.26. The summed E-state index contributed by atoms with van der Waals surface area (Å²) in [4.78, 5) is 5.74. The van der Waals surface area contributed by atoms with Crippen LogP contribution in [0.1, 0.15) is 18.9 Å². The standard InChI is InChI=1S/C12H13Cl2F3N2/c1-7-6-19(3-2-9(7)13)11-10(14)4-8(5-18-11)12(15,16)17/h4-5,7,9H,2-3,6H2,1H3. The van der Waals surface area contributed by atoms with Crippen LogP contribution in [-0.4, -0.2) is 23.5 Å². The minimum atomic E-state index is -4.43. The lowest BCUT2D eigenvalue weighted by atomic mass is 9.99. The van der Waals surface area contributed by atoms with Gasteiger partial charge in [0, 0.05) is 24.7 Å². The maximum absolute atomic E-state index is 12.5. The number of hydrogen-bond acceptors (Lipinski definition) is 2. The van der Waals surface area contributed by atoms with Crippen molar-refractivity contribution in [3.05, 3.63) is 22.8 Å². The highest BCUT2D eigenvalue weighted by atomic mass is 35.5. The van der Waals surface area contributed by atoms with Gasteiger partial charge in [-0.25, -0.2) is 4.98 Å². The third-order valence-electron chi connectivity index (χ3n) is 3.25. The second-order valence-electron chi connectivity index (χ2n) is 4.76. The highest BCUT2D eigenvalue weighted by molar-refractivity contribution is 6.33. The fraction of sp³-hybridized carbons (Fsp3) is 0.583. The van der Waals surface area contributed by atoms with E-state index >= 15 is 0 Å². The summed E-state index contributed by atoms with van der Waals surface area (Å²) >= 11 is 12.0. The first-order chi connectivity index (χ1) is 8.79. The summed E-state index contributed by atoms with van der Waals surface area (Å²) in [5.41, 5.74) is -0.832. The fourth-order valence-electron chi connectivity index (χ4n) is 2.13. The summed E-state index contributed by atoms with van der Waals surface area (Å²) in [5.74, 6) is 0.639. The second-order valence-corrected chi connectivity index (χ2v) is 5.72. The van der Waals surface area contributed by atoms with Gasteiger partial charge in [-0.2, -0.15) is 13.2 Å².